The normalized spacial score (nSPS) is 19.9. The van der Waals surface area contributed by atoms with Crippen LogP contribution in [0.5, 0.6) is 5.75 Å². The predicted octanol–water partition coefficient (Wildman–Crippen LogP) is 5.95. The van der Waals surface area contributed by atoms with Crippen molar-refractivity contribution < 1.29 is 29.6 Å². The van der Waals surface area contributed by atoms with Crippen LogP contribution < -0.4 is 4.74 Å². The van der Waals surface area contributed by atoms with Crippen molar-refractivity contribution in [1.82, 2.24) is 9.80 Å². The van der Waals surface area contributed by atoms with Gasteiger partial charge in [-0.3, -0.25) is 0 Å². The zero-order valence-electron chi connectivity index (χ0n) is 26.1. The number of ether oxygens (including phenoxy) is 1. The Morgan fingerprint density at radius 1 is 0.696 bits per heavy atom. The summed E-state index contributed by atoms with van der Waals surface area (Å²) in [4.78, 5) is 29.8. The monoisotopic (exact) mass is 622 g/mol. The van der Waals surface area contributed by atoms with Gasteiger partial charge in [0.2, 0.25) is 0 Å². The first-order valence-corrected chi connectivity index (χ1v) is 15.9. The molecule has 0 unspecified atom stereocenters. The second-order valence-electron chi connectivity index (χ2n) is 11.9. The molecule has 0 spiro atoms. The summed E-state index contributed by atoms with van der Waals surface area (Å²) in [5, 5.41) is 33.4. The molecule has 4 aromatic rings. The summed E-state index contributed by atoms with van der Waals surface area (Å²) < 4.78 is 5.84. The van der Waals surface area contributed by atoms with E-state index >= 15 is 0 Å². The van der Waals surface area contributed by atoms with Crippen molar-refractivity contribution in [3.05, 3.63) is 137 Å². The zero-order valence-corrected chi connectivity index (χ0v) is 26.1. The number of carbonyl (C=O) groups is 2. The van der Waals surface area contributed by atoms with Crippen molar-refractivity contribution in [3.8, 4) is 5.75 Å². The van der Waals surface area contributed by atoms with Crippen LogP contribution in [0.1, 0.15) is 52.4 Å². The Morgan fingerprint density at radius 3 is 1.74 bits per heavy atom. The Bertz CT molecular complexity index is 1560. The SMILES string of the molecule is CCCCOc1ccc(CN2C(=O)N(Cc3cccc(C(=O)O)c3)[C@H](Cc3ccccc3)[C@H](O)[C@@H](O)[C@H]2Cc2ccccc2)cc1. The molecule has 1 aliphatic rings. The number of carbonyl (C=O) groups excluding carboxylic acids is 1. The Labute approximate surface area is 270 Å². The fourth-order valence-electron chi connectivity index (χ4n) is 6.04. The van der Waals surface area contributed by atoms with Crippen LogP contribution in [0.3, 0.4) is 0 Å². The van der Waals surface area contributed by atoms with Crippen LogP contribution in [0.4, 0.5) is 4.79 Å². The van der Waals surface area contributed by atoms with Gasteiger partial charge in [0, 0.05) is 13.1 Å². The van der Waals surface area contributed by atoms with Gasteiger partial charge in [0.05, 0.1) is 24.3 Å². The summed E-state index contributed by atoms with van der Waals surface area (Å²) in [5.41, 5.74) is 3.41. The van der Waals surface area contributed by atoms with Crippen molar-refractivity contribution in [2.45, 2.75) is 70.0 Å². The second kappa shape index (κ2) is 15.6. The van der Waals surface area contributed by atoms with E-state index in [9.17, 15) is 24.9 Å². The van der Waals surface area contributed by atoms with Gasteiger partial charge in [-0.15, -0.1) is 0 Å². The lowest BCUT2D eigenvalue weighted by atomic mass is 9.91. The van der Waals surface area contributed by atoms with Crippen LogP contribution in [0.15, 0.2) is 109 Å². The summed E-state index contributed by atoms with van der Waals surface area (Å²) in [6, 6.07) is 31.4. The quantitative estimate of drug-likeness (QED) is 0.159. The summed E-state index contributed by atoms with van der Waals surface area (Å²) >= 11 is 0. The second-order valence-corrected chi connectivity index (χ2v) is 11.9. The standard InChI is InChI=1S/C38H42N2O6/c1-2-3-21-46-32-19-17-29(18-20-32)25-39-33(23-27-11-6-4-7-12-27)35(41)36(42)34(24-28-13-8-5-9-14-28)40(38(39)45)26-30-15-10-16-31(22-30)37(43)44/h4-20,22,33-36,41-42H,2-3,21,23-26H2,1H3,(H,43,44)/t33-,34-,35+,36+/m1/s1. The molecule has 0 bridgehead atoms. The van der Waals surface area contributed by atoms with E-state index in [4.69, 9.17) is 4.74 Å². The Hall–Kier alpha value is -4.66. The van der Waals surface area contributed by atoms with Gasteiger partial charge in [0.25, 0.3) is 0 Å². The molecule has 8 heteroatoms. The average Bonchev–Trinajstić information content (AvgIpc) is 3.14. The number of carboxylic acid groups (broad SMARTS) is 1. The van der Waals surface area contributed by atoms with Gasteiger partial charge in [-0.1, -0.05) is 98.3 Å². The Morgan fingerprint density at radius 2 is 1.22 bits per heavy atom. The van der Waals surface area contributed by atoms with E-state index in [1.54, 1.807) is 28.0 Å². The lowest BCUT2D eigenvalue weighted by Crippen LogP contribution is -2.50. The lowest BCUT2D eigenvalue weighted by molar-refractivity contribution is -0.0408. The molecule has 1 saturated heterocycles. The van der Waals surface area contributed by atoms with Crippen LogP contribution in [-0.2, 0) is 25.9 Å². The molecule has 1 aliphatic heterocycles. The number of hydrogen-bond donors (Lipinski definition) is 3. The van der Waals surface area contributed by atoms with E-state index in [-0.39, 0.29) is 24.7 Å². The highest BCUT2D eigenvalue weighted by Crippen LogP contribution is 2.30. The molecule has 0 aromatic heterocycles. The van der Waals surface area contributed by atoms with Crippen LogP contribution in [-0.4, -0.2) is 68.0 Å². The minimum atomic E-state index is -1.28. The van der Waals surface area contributed by atoms with Crippen molar-refractivity contribution in [1.29, 1.82) is 0 Å². The molecule has 0 saturated carbocycles. The summed E-state index contributed by atoms with van der Waals surface area (Å²) in [5.74, 6) is -0.314. The number of aromatic carboxylic acids is 1. The number of benzene rings is 4. The fraction of sp³-hybridized carbons (Fsp3) is 0.316. The van der Waals surface area contributed by atoms with Gasteiger partial charge in [0.1, 0.15) is 18.0 Å². The lowest BCUT2D eigenvalue weighted by Gasteiger charge is -2.36. The maximum Gasteiger partial charge on any atom is 0.335 e. The minimum Gasteiger partial charge on any atom is -0.494 e. The van der Waals surface area contributed by atoms with Crippen LogP contribution in [0.2, 0.25) is 0 Å². The molecule has 0 radical (unpaired) electrons. The molecule has 240 valence electrons. The van der Waals surface area contributed by atoms with Gasteiger partial charge in [-0.25, -0.2) is 9.59 Å². The van der Waals surface area contributed by atoms with Crippen molar-refractivity contribution in [2.24, 2.45) is 0 Å². The van der Waals surface area contributed by atoms with E-state index < -0.39 is 30.3 Å². The molecule has 3 N–H and O–H groups in total. The molecular formula is C38H42N2O6. The largest absolute Gasteiger partial charge is 0.494 e. The van der Waals surface area contributed by atoms with Gasteiger partial charge in [-0.05, 0) is 65.8 Å². The Kier molecular flexibility index (Phi) is 11.1. The average molecular weight is 623 g/mol. The van der Waals surface area contributed by atoms with Gasteiger partial charge < -0.3 is 29.9 Å². The first-order chi connectivity index (χ1) is 22.3. The van der Waals surface area contributed by atoms with Gasteiger partial charge >= 0.3 is 12.0 Å². The fourth-order valence-corrected chi connectivity index (χ4v) is 6.04. The predicted molar refractivity (Wildman–Crippen MR) is 177 cm³/mol. The number of nitrogens with zero attached hydrogens (tertiary/aromatic N) is 2. The molecule has 2 amide bonds. The first-order valence-electron chi connectivity index (χ1n) is 15.9. The number of urea groups is 1. The highest BCUT2D eigenvalue weighted by Gasteiger charge is 2.46. The number of carboxylic acids is 1. The number of unbranched alkanes of at least 4 members (excludes halogenated alkanes) is 1. The number of hydrogen-bond acceptors (Lipinski definition) is 5. The number of aliphatic hydroxyl groups excluding tert-OH is 2. The zero-order chi connectivity index (χ0) is 32.5. The molecule has 8 nitrogen and oxygen atoms in total. The molecule has 5 rings (SSSR count). The summed E-state index contributed by atoms with van der Waals surface area (Å²) in [7, 11) is 0. The number of aliphatic hydroxyl groups is 2. The molecule has 46 heavy (non-hydrogen) atoms. The van der Waals surface area contributed by atoms with E-state index in [1.807, 2.05) is 84.9 Å². The third-order valence-electron chi connectivity index (χ3n) is 8.58. The molecule has 1 heterocycles. The molecular weight excluding hydrogens is 580 g/mol. The molecule has 4 aromatic carbocycles. The van der Waals surface area contributed by atoms with Crippen molar-refractivity contribution >= 4 is 12.0 Å². The van der Waals surface area contributed by atoms with E-state index in [0.29, 0.717) is 25.0 Å². The van der Waals surface area contributed by atoms with Crippen LogP contribution in [0.25, 0.3) is 0 Å². The third-order valence-corrected chi connectivity index (χ3v) is 8.58. The molecule has 1 fully saturated rings. The maximum atomic E-state index is 14.8. The highest BCUT2D eigenvalue weighted by molar-refractivity contribution is 5.87. The minimum absolute atomic E-state index is 0.0556. The van der Waals surface area contributed by atoms with Crippen molar-refractivity contribution in [2.75, 3.05) is 6.61 Å². The van der Waals surface area contributed by atoms with Gasteiger partial charge in [0.15, 0.2) is 0 Å². The summed E-state index contributed by atoms with van der Waals surface area (Å²) in [6.07, 6.45) is 0.0994. The van der Waals surface area contributed by atoms with Crippen LogP contribution in [0, 0.1) is 0 Å². The summed E-state index contributed by atoms with van der Waals surface area (Å²) in [6.45, 7) is 2.99. The van der Waals surface area contributed by atoms with E-state index in [0.717, 1.165) is 35.3 Å². The van der Waals surface area contributed by atoms with E-state index in [2.05, 4.69) is 6.92 Å². The number of rotatable bonds is 13. The van der Waals surface area contributed by atoms with Gasteiger partial charge in [-0.2, -0.15) is 0 Å². The van der Waals surface area contributed by atoms with Crippen molar-refractivity contribution in [3.63, 3.8) is 0 Å². The Balaban J connectivity index is 1.54. The molecule has 4 atom stereocenters. The smallest absolute Gasteiger partial charge is 0.335 e. The number of amides is 2. The highest BCUT2D eigenvalue weighted by atomic mass is 16.5. The third kappa shape index (κ3) is 8.13. The van der Waals surface area contributed by atoms with Crippen LogP contribution >= 0.6 is 0 Å². The first kappa shape index (κ1) is 32.7. The topological polar surface area (TPSA) is 111 Å². The maximum absolute atomic E-state index is 14.8. The van der Waals surface area contributed by atoms with E-state index in [1.165, 1.54) is 6.07 Å². The molecule has 0 aliphatic carbocycles.